The molecule has 2 aliphatic rings. The van der Waals surface area contributed by atoms with Gasteiger partial charge in [-0.15, -0.1) is 10.2 Å². The number of rotatable bonds is 6. The Bertz CT molecular complexity index is 1190. The smallest absolute Gasteiger partial charge is 0.298 e. The van der Waals surface area contributed by atoms with Crippen molar-refractivity contribution in [2.24, 2.45) is 0 Å². The maximum Gasteiger partial charge on any atom is 0.298 e. The summed E-state index contributed by atoms with van der Waals surface area (Å²) in [6.45, 7) is 2.30. The first-order valence-electron chi connectivity index (χ1n) is 11.6. The Labute approximate surface area is 197 Å². The van der Waals surface area contributed by atoms with Gasteiger partial charge >= 0.3 is 0 Å². The fourth-order valence-corrected chi connectivity index (χ4v) is 4.85. The lowest BCUT2D eigenvalue weighted by molar-refractivity contribution is -0.122. The van der Waals surface area contributed by atoms with Crippen LogP contribution in [-0.2, 0) is 9.59 Å². The summed E-state index contributed by atoms with van der Waals surface area (Å²) in [5.41, 5.74) is 8.42. The molecule has 3 heterocycles. The summed E-state index contributed by atoms with van der Waals surface area (Å²) in [4.78, 5) is 27.9. The molecule has 1 saturated carbocycles. The minimum Gasteiger partial charge on any atom is -0.428 e. The molecule has 1 aromatic carbocycles. The molecule has 10 heteroatoms. The number of hydrogen-bond acceptors (Lipinski definition) is 8. The second kappa shape index (κ2) is 9.60. The van der Waals surface area contributed by atoms with Crippen molar-refractivity contribution in [1.82, 2.24) is 24.9 Å². The van der Waals surface area contributed by atoms with Gasteiger partial charge in [0.05, 0.1) is 30.3 Å². The molecule has 0 bridgehead atoms. The van der Waals surface area contributed by atoms with Gasteiger partial charge in [0.1, 0.15) is 11.4 Å². The molecule has 2 fully saturated rings. The molecule has 2 aromatic heterocycles. The van der Waals surface area contributed by atoms with E-state index in [-0.39, 0.29) is 11.7 Å². The number of nitrogens with two attached hydrogens (primary N) is 1. The zero-order valence-corrected chi connectivity index (χ0v) is 18.8. The Morgan fingerprint density at radius 1 is 1.09 bits per heavy atom. The molecule has 1 saturated heterocycles. The average molecular weight is 462 g/mol. The first-order chi connectivity index (χ1) is 16.6. The molecule has 176 valence electrons. The largest absolute Gasteiger partial charge is 0.428 e. The number of aromatic nitrogens is 4. The zero-order chi connectivity index (χ0) is 23.5. The highest BCUT2D eigenvalue weighted by Gasteiger charge is 2.31. The standard InChI is InChI=1S/C24H27N7O3/c25-24-21(12-20(27-28-24)19-8-4-5-9-22(19)34-16-32)31-14-18(13-26-31)30-11-10-29(15-23(30)33)17-6-2-1-3-7-17/h4-5,8-9,12-14,16-17H,1-3,6-7,10-11,15H2,(H2,25,28). The number of carbonyl (C=O) groups excluding carboxylic acids is 2. The van der Waals surface area contributed by atoms with Crippen LogP contribution in [0.4, 0.5) is 11.5 Å². The molecule has 34 heavy (non-hydrogen) atoms. The highest BCUT2D eigenvalue weighted by Crippen LogP contribution is 2.31. The Kier molecular flexibility index (Phi) is 6.22. The summed E-state index contributed by atoms with van der Waals surface area (Å²) in [7, 11) is 0. The van der Waals surface area contributed by atoms with E-state index >= 15 is 0 Å². The fraction of sp³-hybridized carbons (Fsp3) is 0.375. The third kappa shape index (κ3) is 4.36. The summed E-state index contributed by atoms with van der Waals surface area (Å²) < 4.78 is 6.65. The van der Waals surface area contributed by atoms with Crippen LogP contribution in [0.2, 0.25) is 0 Å². The van der Waals surface area contributed by atoms with Crippen LogP contribution in [0.5, 0.6) is 5.75 Å². The summed E-state index contributed by atoms with van der Waals surface area (Å²) in [6.07, 6.45) is 9.61. The minimum absolute atomic E-state index is 0.0813. The van der Waals surface area contributed by atoms with E-state index < -0.39 is 0 Å². The summed E-state index contributed by atoms with van der Waals surface area (Å²) in [6, 6.07) is 9.28. The van der Waals surface area contributed by atoms with Crippen LogP contribution in [-0.4, -0.2) is 62.9 Å². The van der Waals surface area contributed by atoms with Gasteiger partial charge in [0, 0.05) is 24.7 Å². The van der Waals surface area contributed by atoms with E-state index in [2.05, 4.69) is 20.2 Å². The van der Waals surface area contributed by atoms with Crippen LogP contribution >= 0.6 is 0 Å². The molecular formula is C24H27N7O3. The molecule has 10 nitrogen and oxygen atoms in total. The Balaban J connectivity index is 1.36. The second-order valence-electron chi connectivity index (χ2n) is 8.66. The van der Waals surface area contributed by atoms with Crippen LogP contribution < -0.4 is 15.4 Å². The molecular weight excluding hydrogens is 434 g/mol. The van der Waals surface area contributed by atoms with Crippen LogP contribution in [0.3, 0.4) is 0 Å². The molecule has 0 atom stereocenters. The van der Waals surface area contributed by atoms with E-state index in [0.29, 0.717) is 48.3 Å². The van der Waals surface area contributed by atoms with Gasteiger partial charge in [-0.1, -0.05) is 31.4 Å². The predicted molar refractivity (Wildman–Crippen MR) is 126 cm³/mol. The van der Waals surface area contributed by atoms with Gasteiger partial charge < -0.3 is 15.4 Å². The van der Waals surface area contributed by atoms with E-state index in [1.807, 2.05) is 6.07 Å². The number of nitrogen functional groups attached to an aromatic ring is 1. The van der Waals surface area contributed by atoms with Crippen LogP contribution in [0.1, 0.15) is 32.1 Å². The SMILES string of the molecule is Nc1nnc(-c2ccccc2OC=O)cc1-n1cc(N2CCN(C3CCCCC3)CC2=O)cn1. The van der Waals surface area contributed by atoms with Crippen LogP contribution in [0.15, 0.2) is 42.7 Å². The number of carbonyl (C=O) groups is 2. The number of nitrogens with zero attached hydrogens (tertiary/aromatic N) is 6. The molecule has 0 spiro atoms. The van der Waals surface area contributed by atoms with Gasteiger partial charge in [0.15, 0.2) is 5.82 Å². The molecule has 1 aliphatic carbocycles. The summed E-state index contributed by atoms with van der Waals surface area (Å²) in [5, 5.41) is 12.7. The number of hydrogen-bond donors (Lipinski definition) is 1. The van der Waals surface area contributed by atoms with Crippen molar-refractivity contribution >= 4 is 23.9 Å². The van der Waals surface area contributed by atoms with Crippen molar-refractivity contribution in [3.63, 3.8) is 0 Å². The van der Waals surface area contributed by atoms with Crippen molar-refractivity contribution in [1.29, 1.82) is 0 Å². The highest BCUT2D eigenvalue weighted by molar-refractivity contribution is 5.95. The van der Waals surface area contributed by atoms with Gasteiger partial charge in [-0.05, 0) is 31.0 Å². The van der Waals surface area contributed by atoms with Gasteiger partial charge in [0.2, 0.25) is 5.91 Å². The third-order valence-electron chi connectivity index (χ3n) is 6.61. The third-order valence-corrected chi connectivity index (χ3v) is 6.61. The number of piperazine rings is 1. The monoisotopic (exact) mass is 461 g/mol. The lowest BCUT2D eigenvalue weighted by Crippen LogP contribution is -2.54. The summed E-state index contributed by atoms with van der Waals surface area (Å²) >= 11 is 0. The van der Waals surface area contributed by atoms with Gasteiger partial charge in [-0.3, -0.25) is 14.5 Å². The fourth-order valence-electron chi connectivity index (χ4n) is 4.85. The first-order valence-corrected chi connectivity index (χ1v) is 11.6. The number of amides is 1. The predicted octanol–water partition coefficient (Wildman–Crippen LogP) is 2.43. The van der Waals surface area contributed by atoms with Crippen molar-refractivity contribution < 1.29 is 14.3 Å². The second-order valence-corrected chi connectivity index (χ2v) is 8.66. The number of benzene rings is 1. The molecule has 5 rings (SSSR count). The summed E-state index contributed by atoms with van der Waals surface area (Å²) in [5.74, 6) is 0.642. The van der Waals surface area contributed by atoms with E-state index in [9.17, 15) is 9.59 Å². The average Bonchev–Trinajstić information content (AvgIpc) is 3.35. The van der Waals surface area contributed by atoms with E-state index in [1.54, 1.807) is 46.2 Å². The van der Waals surface area contributed by atoms with E-state index in [4.69, 9.17) is 10.5 Å². The van der Waals surface area contributed by atoms with Crippen molar-refractivity contribution in [3.8, 4) is 22.7 Å². The highest BCUT2D eigenvalue weighted by atomic mass is 16.5. The van der Waals surface area contributed by atoms with Crippen molar-refractivity contribution in [2.45, 2.75) is 38.1 Å². The Morgan fingerprint density at radius 3 is 2.71 bits per heavy atom. The van der Waals surface area contributed by atoms with Gasteiger partial charge in [0.25, 0.3) is 6.47 Å². The number of ether oxygens (including phenoxy) is 1. The maximum absolute atomic E-state index is 13.0. The number of anilines is 2. The molecule has 0 unspecified atom stereocenters. The van der Waals surface area contributed by atoms with Crippen molar-refractivity contribution in [2.75, 3.05) is 30.3 Å². The zero-order valence-electron chi connectivity index (χ0n) is 18.8. The number of para-hydroxylation sites is 1. The normalized spacial score (nSPS) is 17.6. The van der Waals surface area contributed by atoms with E-state index in [0.717, 1.165) is 12.2 Å². The molecule has 1 amide bonds. The minimum atomic E-state index is 0.0813. The molecule has 0 radical (unpaired) electrons. The van der Waals surface area contributed by atoms with Crippen LogP contribution in [0, 0.1) is 0 Å². The molecule has 1 aliphatic heterocycles. The molecule has 2 N–H and O–H groups in total. The van der Waals surface area contributed by atoms with Crippen LogP contribution in [0.25, 0.3) is 16.9 Å². The lowest BCUT2D eigenvalue weighted by Gasteiger charge is -2.39. The van der Waals surface area contributed by atoms with Crippen molar-refractivity contribution in [3.05, 3.63) is 42.7 Å². The Hall–Kier alpha value is -3.79. The van der Waals surface area contributed by atoms with Gasteiger partial charge in [-0.2, -0.15) is 5.10 Å². The maximum atomic E-state index is 13.0. The quantitative estimate of drug-likeness (QED) is 0.556. The van der Waals surface area contributed by atoms with E-state index in [1.165, 1.54) is 32.1 Å². The Morgan fingerprint density at radius 2 is 1.91 bits per heavy atom. The van der Waals surface area contributed by atoms with Gasteiger partial charge in [-0.25, -0.2) is 4.68 Å². The lowest BCUT2D eigenvalue weighted by atomic mass is 9.94. The topological polar surface area (TPSA) is 119 Å². The molecule has 3 aromatic rings. The first kappa shape index (κ1) is 22.0.